The van der Waals surface area contributed by atoms with Crippen LogP contribution in [0.5, 0.6) is 0 Å². The summed E-state index contributed by atoms with van der Waals surface area (Å²) < 4.78 is 0. The Labute approximate surface area is 132 Å². The topological polar surface area (TPSA) is 64.3 Å². The standard InChI is InChI=1S/C18H24N2O2/c1-3-20(17(22)18(13-19)10-4-5-11-18)12-16(21)15-8-6-14(2)7-9-15/h6-9,16,21H,3-5,10-12H2,1-2H3. The molecule has 1 unspecified atom stereocenters. The molecular formula is C18H24N2O2. The molecule has 1 aliphatic carbocycles. The lowest BCUT2D eigenvalue weighted by Crippen LogP contribution is -2.43. The summed E-state index contributed by atoms with van der Waals surface area (Å²) in [6.07, 6.45) is 2.41. The number of hydrogen-bond acceptors (Lipinski definition) is 3. The number of hydrogen-bond donors (Lipinski definition) is 1. The maximum absolute atomic E-state index is 12.7. The zero-order chi connectivity index (χ0) is 16.2. The van der Waals surface area contributed by atoms with Gasteiger partial charge in [-0.3, -0.25) is 4.79 Å². The first-order valence-electron chi connectivity index (χ1n) is 7.97. The number of benzene rings is 1. The molecule has 22 heavy (non-hydrogen) atoms. The normalized spacial score (nSPS) is 17.7. The highest BCUT2D eigenvalue weighted by molar-refractivity contribution is 5.85. The molecule has 1 aliphatic rings. The van der Waals surface area contributed by atoms with Gasteiger partial charge in [-0.05, 0) is 32.3 Å². The Bertz CT molecular complexity index is 553. The lowest BCUT2D eigenvalue weighted by atomic mass is 9.86. The fourth-order valence-corrected chi connectivity index (χ4v) is 3.11. The van der Waals surface area contributed by atoms with Crippen molar-refractivity contribution in [1.29, 1.82) is 5.26 Å². The van der Waals surface area contributed by atoms with Gasteiger partial charge in [-0.15, -0.1) is 0 Å². The predicted molar refractivity (Wildman–Crippen MR) is 84.9 cm³/mol. The van der Waals surface area contributed by atoms with Crippen molar-refractivity contribution in [2.24, 2.45) is 5.41 Å². The van der Waals surface area contributed by atoms with Gasteiger partial charge in [-0.2, -0.15) is 5.26 Å². The van der Waals surface area contributed by atoms with E-state index in [1.807, 2.05) is 38.1 Å². The van der Waals surface area contributed by atoms with Gasteiger partial charge >= 0.3 is 0 Å². The second-order valence-electron chi connectivity index (χ2n) is 6.17. The van der Waals surface area contributed by atoms with E-state index in [2.05, 4.69) is 6.07 Å². The highest BCUT2D eigenvalue weighted by atomic mass is 16.3. The molecule has 1 amide bonds. The van der Waals surface area contributed by atoms with E-state index in [4.69, 9.17) is 0 Å². The van der Waals surface area contributed by atoms with Crippen LogP contribution in [-0.4, -0.2) is 29.0 Å². The summed E-state index contributed by atoms with van der Waals surface area (Å²) in [6.45, 7) is 4.63. The largest absolute Gasteiger partial charge is 0.387 e. The summed E-state index contributed by atoms with van der Waals surface area (Å²) in [5, 5.41) is 19.8. The molecule has 0 aliphatic heterocycles. The van der Waals surface area contributed by atoms with E-state index in [1.54, 1.807) is 4.90 Å². The van der Waals surface area contributed by atoms with E-state index in [9.17, 15) is 15.2 Å². The molecule has 1 aromatic carbocycles. The number of aliphatic hydroxyl groups excluding tert-OH is 1. The number of rotatable bonds is 5. The van der Waals surface area contributed by atoms with Crippen molar-refractivity contribution in [1.82, 2.24) is 4.90 Å². The smallest absolute Gasteiger partial charge is 0.243 e. The quantitative estimate of drug-likeness (QED) is 0.909. The number of nitrogens with zero attached hydrogens (tertiary/aromatic N) is 2. The van der Waals surface area contributed by atoms with E-state index in [0.717, 1.165) is 24.0 Å². The average molecular weight is 300 g/mol. The predicted octanol–water partition coefficient (Wildman–Crippen LogP) is 2.96. The van der Waals surface area contributed by atoms with Crippen LogP contribution in [0.15, 0.2) is 24.3 Å². The van der Waals surface area contributed by atoms with Gasteiger partial charge in [-0.25, -0.2) is 0 Å². The average Bonchev–Trinajstić information content (AvgIpc) is 3.02. The van der Waals surface area contributed by atoms with Gasteiger partial charge in [0.05, 0.1) is 18.7 Å². The molecule has 4 nitrogen and oxygen atoms in total. The van der Waals surface area contributed by atoms with Crippen LogP contribution in [0.4, 0.5) is 0 Å². The van der Waals surface area contributed by atoms with E-state index < -0.39 is 11.5 Å². The Morgan fingerprint density at radius 2 is 1.95 bits per heavy atom. The maximum Gasteiger partial charge on any atom is 0.243 e. The van der Waals surface area contributed by atoms with Crippen molar-refractivity contribution >= 4 is 5.91 Å². The number of amides is 1. The molecule has 0 aromatic heterocycles. The second kappa shape index (κ2) is 6.93. The van der Waals surface area contributed by atoms with Gasteiger partial charge in [0, 0.05) is 6.54 Å². The first kappa shape index (κ1) is 16.5. The molecule has 118 valence electrons. The Morgan fingerprint density at radius 3 is 2.45 bits per heavy atom. The zero-order valence-corrected chi connectivity index (χ0v) is 13.4. The lowest BCUT2D eigenvalue weighted by Gasteiger charge is -2.30. The molecule has 0 saturated heterocycles. The van der Waals surface area contributed by atoms with Gasteiger partial charge < -0.3 is 10.0 Å². The van der Waals surface area contributed by atoms with Gasteiger partial charge in [-0.1, -0.05) is 42.7 Å². The molecule has 4 heteroatoms. The van der Waals surface area contributed by atoms with Gasteiger partial charge in [0.25, 0.3) is 0 Å². The van der Waals surface area contributed by atoms with Gasteiger partial charge in [0.2, 0.25) is 5.91 Å². The molecule has 0 radical (unpaired) electrons. The number of carbonyl (C=O) groups excluding carboxylic acids is 1. The van der Waals surface area contributed by atoms with Crippen LogP contribution in [0.25, 0.3) is 0 Å². The number of likely N-dealkylation sites (N-methyl/N-ethyl adjacent to an activating group) is 1. The van der Waals surface area contributed by atoms with Crippen LogP contribution in [0.1, 0.15) is 49.8 Å². The third kappa shape index (κ3) is 3.31. The summed E-state index contributed by atoms with van der Waals surface area (Å²) in [5.74, 6) is -0.124. The van der Waals surface area contributed by atoms with E-state index in [0.29, 0.717) is 19.4 Å². The SMILES string of the molecule is CCN(CC(O)c1ccc(C)cc1)C(=O)C1(C#N)CCCC1. The monoisotopic (exact) mass is 300 g/mol. The molecule has 2 rings (SSSR count). The molecule has 0 bridgehead atoms. The first-order valence-corrected chi connectivity index (χ1v) is 7.97. The minimum Gasteiger partial charge on any atom is -0.387 e. The highest BCUT2D eigenvalue weighted by Crippen LogP contribution is 2.39. The van der Waals surface area contributed by atoms with Crippen molar-refractivity contribution in [3.8, 4) is 6.07 Å². The molecule has 1 N–H and O–H groups in total. The molecular weight excluding hydrogens is 276 g/mol. The lowest BCUT2D eigenvalue weighted by molar-refractivity contribution is -0.140. The summed E-state index contributed by atoms with van der Waals surface area (Å²) in [7, 11) is 0. The minimum absolute atomic E-state index is 0.124. The molecule has 1 fully saturated rings. The summed E-state index contributed by atoms with van der Waals surface area (Å²) in [4.78, 5) is 14.4. The Balaban J connectivity index is 2.10. The van der Waals surface area contributed by atoms with Crippen LogP contribution in [-0.2, 0) is 4.79 Å². The van der Waals surface area contributed by atoms with Gasteiger partial charge in [0.1, 0.15) is 5.41 Å². The van der Waals surface area contributed by atoms with E-state index in [-0.39, 0.29) is 12.5 Å². The fraction of sp³-hybridized carbons (Fsp3) is 0.556. The number of nitriles is 1. The number of aryl methyl sites for hydroxylation is 1. The van der Waals surface area contributed by atoms with E-state index in [1.165, 1.54) is 0 Å². The van der Waals surface area contributed by atoms with Crippen LogP contribution in [0.3, 0.4) is 0 Å². The number of aliphatic hydroxyl groups is 1. The van der Waals surface area contributed by atoms with Crippen molar-refractivity contribution in [2.45, 2.75) is 45.6 Å². The number of carbonyl (C=O) groups is 1. The van der Waals surface area contributed by atoms with Crippen LogP contribution in [0.2, 0.25) is 0 Å². The molecule has 1 aromatic rings. The molecule has 0 spiro atoms. The molecule has 1 saturated carbocycles. The summed E-state index contributed by atoms with van der Waals surface area (Å²) in [6, 6.07) is 9.90. The summed E-state index contributed by atoms with van der Waals surface area (Å²) in [5.41, 5.74) is 1.06. The third-order valence-electron chi connectivity index (χ3n) is 4.60. The second-order valence-corrected chi connectivity index (χ2v) is 6.17. The fourth-order valence-electron chi connectivity index (χ4n) is 3.11. The van der Waals surface area contributed by atoms with Crippen LogP contribution in [0, 0.1) is 23.7 Å². The Kier molecular flexibility index (Phi) is 5.20. The third-order valence-corrected chi connectivity index (χ3v) is 4.60. The van der Waals surface area contributed by atoms with Crippen molar-refractivity contribution in [3.05, 3.63) is 35.4 Å². The van der Waals surface area contributed by atoms with Crippen molar-refractivity contribution in [3.63, 3.8) is 0 Å². The molecule has 0 heterocycles. The van der Waals surface area contributed by atoms with Crippen molar-refractivity contribution < 1.29 is 9.90 Å². The highest BCUT2D eigenvalue weighted by Gasteiger charge is 2.43. The van der Waals surface area contributed by atoms with E-state index >= 15 is 0 Å². The molecule has 1 atom stereocenters. The Morgan fingerprint density at radius 1 is 1.36 bits per heavy atom. The minimum atomic E-state index is -0.872. The van der Waals surface area contributed by atoms with Crippen molar-refractivity contribution in [2.75, 3.05) is 13.1 Å². The summed E-state index contributed by atoms with van der Waals surface area (Å²) >= 11 is 0. The van der Waals surface area contributed by atoms with Gasteiger partial charge in [0.15, 0.2) is 0 Å². The first-order chi connectivity index (χ1) is 10.5. The Hall–Kier alpha value is -1.86. The zero-order valence-electron chi connectivity index (χ0n) is 13.4. The van der Waals surface area contributed by atoms with Crippen LogP contribution >= 0.6 is 0 Å². The maximum atomic E-state index is 12.7. The van der Waals surface area contributed by atoms with Crippen LogP contribution < -0.4 is 0 Å².